The third-order valence-electron chi connectivity index (χ3n) is 5.07. The molecule has 0 aliphatic rings. The lowest BCUT2D eigenvalue weighted by Crippen LogP contribution is -2.17. The molecule has 0 fully saturated rings. The van der Waals surface area contributed by atoms with Crippen molar-refractivity contribution in [2.45, 2.75) is 6.61 Å². The van der Waals surface area contributed by atoms with Crippen molar-refractivity contribution in [3.63, 3.8) is 0 Å². The lowest BCUT2D eigenvalue weighted by molar-refractivity contribution is -0.384. The van der Waals surface area contributed by atoms with Crippen LogP contribution in [0.2, 0.25) is 0 Å². The van der Waals surface area contributed by atoms with E-state index in [1.165, 1.54) is 18.3 Å². The average Bonchev–Trinajstić information content (AvgIpc) is 2.88. The summed E-state index contributed by atoms with van der Waals surface area (Å²) in [6.07, 6.45) is 1.42. The molecule has 168 valence electrons. The minimum Gasteiger partial charge on any atom is -0.488 e. The van der Waals surface area contributed by atoms with Gasteiger partial charge in [0.1, 0.15) is 12.4 Å². The van der Waals surface area contributed by atoms with Crippen LogP contribution in [-0.2, 0) is 6.61 Å². The number of nitrogens with one attached hydrogen (secondary N) is 1. The summed E-state index contributed by atoms with van der Waals surface area (Å²) in [6.45, 7) is 0.365. The minimum atomic E-state index is -0.473. The van der Waals surface area contributed by atoms with Gasteiger partial charge in [-0.3, -0.25) is 14.9 Å². The summed E-state index contributed by atoms with van der Waals surface area (Å²) in [7, 11) is 0. The Morgan fingerprint density at radius 1 is 0.882 bits per heavy atom. The summed E-state index contributed by atoms with van der Waals surface area (Å²) >= 11 is 0. The van der Waals surface area contributed by atoms with Crippen LogP contribution >= 0.6 is 0 Å². The Morgan fingerprint density at radius 3 is 2.26 bits per heavy atom. The molecule has 34 heavy (non-hydrogen) atoms. The maximum atomic E-state index is 12.3. The molecule has 1 amide bonds. The minimum absolute atomic E-state index is 0.00573. The number of nitro benzene ring substituents is 1. The molecule has 0 spiro atoms. The van der Waals surface area contributed by atoms with E-state index in [2.05, 4.69) is 10.5 Å². The van der Waals surface area contributed by atoms with Crippen molar-refractivity contribution in [1.82, 2.24) is 5.43 Å². The number of hydrogen-bond donors (Lipinski definition) is 1. The fourth-order valence-electron chi connectivity index (χ4n) is 3.27. The fraction of sp³-hybridized carbons (Fsp3) is 0.0370. The summed E-state index contributed by atoms with van der Waals surface area (Å²) in [5.41, 5.74) is 6.56. The molecule has 7 nitrogen and oxygen atoms in total. The number of hydrazone groups is 1. The van der Waals surface area contributed by atoms with E-state index in [0.717, 1.165) is 22.4 Å². The molecule has 0 heterocycles. The first-order valence-corrected chi connectivity index (χ1v) is 10.5. The van der Waals surface area contributed by atoms with Gasteiger partial charge in [0.15, 0.2) is 0 Å². The van der Waals surface area contributed by atoms with Crippen molar-refractivity contribution < 1.29 is 14.5 Å². The Morgan fingerprint density at radius 2 is 1.56 bits per heavy atom. The van der Waals surface area contributed by atoms with Crippen molar-refractivity contribution in [2.24, 2.45) is 5.10 Å². The van der Waals surface area contributed by atoms with Gasteiger partial charge < -0.3 is 4.74 Å². The second-order valence-corrected chi connectivity index (χ2v) is 7.40. The Hall–Kier alpha value is -4.78. The molecule has 0 aliphatic heterocycles. The van der Waals surface area contributed by atoms with E-state index >= 15 is 0 Å². The van der Waals surface area contributed by atoms with E-state index in [-0.39, 0.29) is 11.6 Å². The van der Waals surface area contributed by atoms with E-state index in [9.17, 15) is 14.9 Å². The topological polar surface area (TPSA) is 93.8 Å². The van der Waals surface area contributed by atoms with E-state index in [1.54, 1.807) is 24.3 Å². The van der Waals surface area contributed by atoms with Gasteiger partial charge in [0.25, 0.3) is 11.6 Å². The van der Waals surface area contributed by atoms with Gasteiger partial charge in [-0.1, -0.05) is 60.7 Å². The molecule has 0 atom stereocenters. The molecule has 0 saturated carbocycles. The number of nitro groups is 1. The smallest absolute Gasteiger partial charge is 0.271 e. The Bertz CT molecular complexity index is 1300. The molecule has 4 aromatic rings. The maximum absolute atomic E-state index is 12.3. The number of hydrogen-bond acceptors (Lipinski definition) is 5. The standard InChI is InChI=1S/C27H21N3O4/c31-27(29-28-18-20-12-16-24(17-13-20)30(32)33)23-14-10-21(11-15-23)19-34-26-9-5-4-8-25(26)22-6-2-1-3-7-22/h1-18H,19H2,(H,29,31)/b28-18-. The van der Waals surface area contributed by atoms with E-state index in [1.807, 2.05) is 66.7 Å². The highest BCUT2D eigenvalue weighted by Crippen LogP contribution is 2.30. The van der Waals surface area contributed by atoms with Gasteiger partial charge in [0.05, 0.1) is 11.1 Å². The van der Waals surface area contributed by atoms with Gasteiger partial charge in [0.2, 0.25) is 0 Å². The van der Waals surface area contributed by atoms with Crippen LogP contribution in [-0.4, -0.2) is 17.0 Å². The third-order valence-corrected chi connectivity index (χ3v) is 5.07. The molecular formula is C27H21N3O4. The molecular weight excluding hydrogens is 430 g/mol. The summed E-state index contributed by atoms with van der Waals surface area (Å²) in [4.78, 5) is 22.5. The molecule has 0 aliphatic carbocycles. The Kier molecular flexibility index (Phi) is 7.05. The summed E-state index contributed by atoms with van der Waals surface area (Å²) in [5.74, 6) is 0.427. The molecule has 0 unspecified atom stereocenters. The predicted molar refractivity (Wildman–Crippen MR) is 131 cm³/mol. The second-order valence-electron chi connectivity index (χ2n) is 7.40. The summed E-state index contributed by atoms with van der Waals surface area (Å²) < 4.78 is 6.05. The van der Waals surface area contributed by atoms with Gasteiger partial charge in [0, 0.05) is 23.3 Å². The number of non-ortho nitro benzene ring substituents is 1. The number of carbonyl (C=O) groups is 1. The van der Waals surface area contributed by atoms with Crippen LogP contribution < -0.4 is 10.2 Å². The number of carbonyl (C=O) groups excluding carboxylic acids is 1. The largest absolute Gasteiger partial charge is 0.488 e. The van der Waals surface area contributed by atoms with E-state index in [4.69, 9.17) is 4.74 Å². The molecule has 1 N–H and O–H groups in total. The third kappa shape index (κ3) is 5.72. The predicted octanol–water partition coefficient (Wildman–Crippen LogP) is 5.60. The van der Waals surface area contributed by atoms with Crippen molar-refractivity contribution in [3.8, 4) is 16.9 Å². The van der Waals surface area contributed by atoms with Crippen molar-refractivity contribution in [3.05, 3.63) is 130 Å². The van der Waals surface area contributed by atoms with Crippen LogP contribution in [0.15, 0.2) is 108 Å². The molecule has 0 saturated heterocycles. The van der Waals surface area contributed by atoms with Gasteiger partial charge in [-0.15, -0.1) is 0 Å². The summed E-state index contributed by atoms with van der Waals surface area (Å²) in [5, 5.41) is 14.6. The van der Waals surface area contributed by atoms with Gasteiger partial charge in [-0.05, 0) is 47.0 Å². The molecule has 7 heteroatoms. The van der Waals surface area contributed by atoms with Crippen molar-refractivity contribution in [1.29, 1.82) is 0 Å². The first kappa shape index (κ1) is 22.4. The highest BCUT2D eigenvalue weighted by atomic mass is 16.6. The molecule has 4 rings (SSSR count). The van der Waals surface area contributed by atoms with E-state index < -0.39 is 4.92 Å². The van der Waals surface area contributed by atoms with Crippen LogP contribution in [0, 0.1) is 10.1 Å². The van der Waals surface area contributed by atoms with Crippen molar-refractivity contribution >= 4 is 17.8 Å². The van der Waals surface area contributed by atoms with Gasteiger partial charge in [-0.2, -0.15) is 5.10 Å². The monoisotopic (exact) mass is 451 g/mol. The Labute approximate surface area is 196 Å². The Balaban J connectivity index is 1.34. The average molecular weight is 451 g/mol. The quantitative estimate of drug-likeness (QED) is 0.214. The SMILES string of the molecule is O=C(N/N=C\c1ccc([N+](=O)[O-])cc1)c1ccc(COc2ccccc2-c2ccccc2)cc1. The fourth-order valence-corrected chi connectivity index (χ4v) is 3.27. The number of ether oxygens (including phenoxy) is 1. The zero-order valence-corrected chi connectivity index (χ0v) is 18.1. The highest BCUT2D eigenvalue weighted by Gasteiger charge is 2.08. The molecule has 0 bridgehead atoms. The zero-order chi connectivity index (χ0) is 23.8. The maximum Gasteiger partial charge on any atom is 0.271 e. The van der Waals surface area contributed by atoms with Crippen LogP contribution in [0.25, 0.3) is 11.1 Å². The molecule has 4 aromatic carbocycles. The van der Waals surface area contributed by atoms with E-state index in [0.29, 0.717) is 17.7 Å². The lowest BCUT2D eigenvalue weighted by Gasteiger charge is -2.12. The zero-order valence-electron chi connectivity index (χ0n) is 18.1. The van der Waals surface area contributed by atoms with Crippen molar-refractivity contribution in [2.75, 3.05) is 0 Å². The number of para-hydroxylation sites is 1. The lowest BCUT2D eigenvalue weighted by atomic mass is 10.0. The number of benzene rings is 4. The van der Waals surface area contributed by atoms with Crippen LogP contribution in [0.5, 0.6) is 5.75 Å². The van der Waals surface area contributed by atoms with Gasteiger partial charge >= 0.3 is 0 Å². The highest BCUT2D eigenvalue weighted by molar-refractivity contribution is 5.94. The van der Waals surface area contributed by atoms with Gasteiger partial charge in [-0.25, -0.2) is 5.43 Å². The first-order valence-electron chi connectivity index (χ1n) is 10.5. The van der Waals surface area contributed by atoms with Crippen LogP contribution in [0.3, 0.4) is 0 Å². The number of nitrogens with zero attached hydrogens (tertiary/aromatic N) is 2. The number of rotatable bonds is 8. The first-order chi connectivity index (χ1) is 16.6. The molecule has 0 aromatic heterocycles. The van der Waals surface area contributed by atoms with Crippen LogP contribution in [0.4, 0.5) is 5.69 Å². The normalized spacial score (nSPS) is 10.7. The van der Waals surface area contributed by atoms with Crippen LogP contribution in [0.1, 0.15) is 21.5 Å². The molecule has 0 radical (unpaired) electrons. The summed E-state index contributed by atoms with van der Waals surface area (Å²) in [6, 6.07) is 30.9. The number of amides is 1. The second kappa shape index (κ2) is 10.7.